The molecule has 164 valence electrons. The summed E-state index contributed by atoms with van der Waals surface area (Å²) in [6.45, 7) is 0. The zero-order valence-electron chi connectivity index (χ0n) is 14.0. The first kappa shape index (κ1) is 21.2. The molecule has 0 radical (unpaired) electrons. The van der Waals surface area contributed by atoms with Gasteiger partial charge in [-0.1, -0.05) is 0 Å². The number of rotatable bonds is 0. The molecule has 13 heteroatoms. The van der Waals surface area contributed by atoms with Crippen molar-refractivity contribution in [2.24, 2.45) is 0 Å². The number of halogens is 13. The van der Waals surface area contributed by atoms with Crippen molar-refractivity contribution in [3.8, 4) is 0 Å². The molecule has 0 atom stereocenters. The third-order valence-corrected chi connectivity index (χ3v) is 4.85. The van der Waals surface area contributed by atoms with Gasteiger partial charge in [0.1, 0.15) is 5.82 Å². The SMILES string of the molecule is FC1=C(F)C(F)(F)C(F)(F)c2cc(F)c3c(c(F)c(F)c4c(F)c(F)c(F)c(F)c43)c21. The third-order valence-electron chi connectivity index (χ3n) is 4.85. The van der Waals surface area contributed by atoms with Crippen molar-refractivity contribution in [1.29, 1.82) is 0 Å². The molecule has 1 aliphatic rings. The van der Waals surface area contributed by atoms with Crippen LogP contribution in [-0.2, 0) is 5.92 Å². The van der Waals surface area contributed by atoms with Crippen molar-refractivity contribution in [3.05, 3.63) is 63.7 Å². The quantitative estimate of drug-likeness (QED) is 0.142. The Hall–Kier alpha value is -2.99. The Morgan fingerprint density at radius 1 is 0.484 bits per heavy atom. The summed E-state index contributed by atoms with van der Waals surface area (Å²) in [6.07, 6.45) is 0. The average Bonchev–Trinajstić information content (AvgIpc) is 2.70. The highest BCUT2D eigenvalue weighted by Crippen LogP contribution is 2.57. The predicted octanol–water partition coefficient (Wildman–Crippen LogP) is 7.32. The lowest BCUT2D eigenvalue weighted by atomic mass is 9.84. The van der Waals surface area contributed by atoms with Crippen LogP contribution in [0.25, 0.3) is 27.4 Å². The standard InChI is InChI=1S/C18HF13/c19-3-1-2-4(13(24)16(27)18(30,31)17(2,28)29)6-5(3)7-8(11(22)9(6)20)12(23)15(26)14(25)10(7)21/h1H. The summed E-state index contributed by atoms with van der Waals surface area (Å²) < 4.78 is 182. The molecular weight excluding hydrogens is 463 g/mol. The van der Waals surface area contributed by atoms with E-state index in [1.54, 1.807) is 0 Å². The smallest absolute Gasteiger partial charge is 0.206 e. The van der Waals surface area contributed by atoms with Crippen LogP contribution in [0.15, 0.2) is 11.9 Å². The number of allylic oxidation sites excluding steroid dienone is 1. The van der Waals surface area contributed by atoms with Crippen LogP contribution in [0.3, 0.4) is 0 Å². The first-order valence-electron chi connectivity index (χ1n) is 7.78. The van der Waals surface area contributed by atoms with Gasteiger partial charge in [-0.25, -0.2) is 39.5 Å². The largest absolute Gasteiger partial charge is 0.368 e. The molecule has 0 amide bonds. The summed E-state index contributed by atoms with van der Waals surface area (Å²) in [4.78, 5) is 0. The number of hydrogen-bond acceptors (Lipinski definition) is 0. The number of fused-ring (bicyclic) bond motifs is 5. The van der Waals surface area contributed by atoms with Crippen molar-refractivity contribution in [1.82, 2.24) is 0 Å². The fraction of sp³-hybridized carbons (Fsp3) is 0.111. The van der Waals surface area contributed by atoms with Crippen molar-refractivity contribution < 1.29 is 57.1 Å². The van der Waals surface area contributed by atoms with Gasteiger partial charge in [-0.05, 0) is 6.07 Å². The minimum absolute atomic E-state index is 0.576. The molecule has 0 N–H and O–H groups in total. The van der Waals surface area contributed by atoms with Crippen LogP contribution in [-0.4, -0.2) is 5.92 Å². The lowest BCUT2D eigenvalue weighted by molar-refractivity contribution is -0.204. The minimum atomic E-state index is -5.87. The van der Waals surface area contributed by atoms with E-state index in [0.717, 1.165) is 0 Å². The summed E-state index contributed by atoms with van der Waals surface area (Å²) in [5, 5.41) is -7.77. The fourth-order valence-corrected chi connectivity index (χ4v) is 3.44. The summed E-state index contributed by atoms with van der Waals surface area (Å²) in [5.74, 6) is -35.8. The van der Waals surface area contributed by atoms with Crippen LogP contribution >= 0.6 is 0 Å². The predicted molar refractivity (Wildman–Crippen MR) is 79.1 cm³/mol. The molecule has 0 fully saturated rings. The highest BCUT2D eigenvalue weighted by Gasteiger charge is 2.66. The molecule has 0 bridgehead atoms. The highest BCUT2D eigenvalue weighted by atomic mass is 19.3. The van der Waals surface area contributed by atoms with Gasteiger partial charge in [0.15, 0.2) is 40.7 Å². The Labute approximate surface area is 161 Å². The zero-order valence-corrected chi connectivity index (χ0v) is 14.0. The van der Waals surface area contributed by atoms with Gasteiger partial charge < -0.3 is 0 Å². The Morgan fingerprint density at radius 2 is 0.935 bits per heavy atom. The number of alkyl halides is 4. The van der Waals surface area contributed by atoms with Crippen molar-refractivity contribution in [2.45, 2.75) is 11.8 Å². The average molecular weight is 464 g/mol. The van der Waals surface area contributed by atoms with Crippen molar-refractivity contribution in [2.75, 3.05) is 0 Å². The van der Waals surface area contributed by atoms with Gasteiger partial charge in [0.2, 0.25) is 5.83 Å². The summed E-state index contributed by atoms with van der Waals surface area (Å²) in [7, 11) is 0. The second kappa shape index (κ2) is 6.04. The fourth-order valence-electron chi connectivity index (χ4n) is 3.44. The van der Waals surface area contributed by atoms with Crippen LogP contribution < -0.4 is 0 Å². The topological polar surface area (TPSA) is 0 Å². The molecule has 0 aliphatic heterocycles. The van der Waals surface area contributed by atoms with Crippen LogP contribution in [0, 0.1) is 40.7 Å². The molecule has 4 rings (SSSR count). The van der Waals surface area contributed by atoms with Crippen LogP contribution in [0.5, 0.6) is 0 Å². The van der Waals surface area contributed by atoms with E-state index in [9.17, 15) is 57.1 Å². The maximum absolute atomic E-state index is 14.6. The Morgan fingerprint density at radius 3 is 1.48 bits per heavy atom. The molecule has 1 aliphatic carbocycles. The third kappa shape index (κ3) is 2.28. The monoisotopic (exact) mass is 464 g/mol. The van der Waals surface area contributed by atoms with E-state index in [4.69, 9.17) is 0 Å². The molecule has 31 heavy (non-hydrogen) atoms. The van der Waals surface area contributed by atoms with Crippen LogP contribution in [0.1, 0.15) is 11.1 Å². The first-order valence-corrected chi connectivity index (χ1v) is 7.78. The molecule has 0 nitrogen and oxygen atoms in total. The van der Waals surface area contributed by atoms with E-state index in [1.807, 2.05) is 0 Å². The second-order valence-electron chi connectivity index (χ2n) is 6.44. The highest BCUT2D eigenvalue weighted by molar-refractivity contribution is 6.12. The van der Waals surface area contributed by atoms with E-state index >= 15 is 0 Å². The summed E-state index contributed by atoms with van der Waals surface area (Å²) in [6, 6.07) is -0.576. The molecule has 0 saturated heterocycles. The van der Waals surface area contributed by atoms with Gasteiger partial charge in [0.05, 0.1) is 5.39 Å². The van der Waals surface area contributed by atoms with Crippen molar-refractivity contribution >= 4 is 27.4 Å². The molecule has 0 spiro atoms. The lowest BCUT2D eigenvalue weighted by Gasteiger charge is -2.32. The normalized spacial score (nSPS) is 17.6. The Kier molecular flexibility index (Phi) is 4.14. The molecule has 0 unspecified atom stereocenters. The molecule has 0 saturated carbocycles. The van der Waals surface area contributed by atoms with Crippen LogP contribution in [0.4, 0.5) is 57.1 Å². The van der Waals surface area contributed by atoms with Gasteiger partial charge in [-0.2, -0.15) is 17.6 Å². The van der Waals surface area contributed by atoms with Gasteiger partial charge in [0, 0.05) is 27.3 Å². The van der Waals surface area contributed by atoms with Gasteiger partial charge in [0.25, 0.3) is 0 Å². The van der Waals surface area contributed by atoms with Gasteiger partial charge >= 0.3 is 11.8 Å². The number of benzene rings is 3. The lowest BCUT2D eigenvalue weighted by Crippen LogP contribution is -2.42. The molecule has 3 aromatic carbocycles. The maximum Gasteiger partial charge on any atom is 0.368 e. The van der Waals surface area contributed by atoms with E-state index < -0.39 is 103 Å². The molecular formula is C18HF13. The van der Waals surface area contributed by atoms with E-state index in [-0.39, 0.29) is 0 Å². The van der Waals surface area contributed by atoms with Crippen molar-refractivity contribution in [3.63, 3.8) is 0 Å². The van der Waals surface area contributed by atoms with E-state index in [0.29, 0.717) is 0 Å². The Bertz CT molecular complexity index is 1370. The first-order chi connectivity index (χ1) is 14.2. The molecule has 3 aromatic rings. The summed E-state index contributed by atoms with van der Waals surface area (Å²) in [5.41, 5.74) is -4.48. The van der Waals surface area contributed by atoms with E-state index in [1.165, 1.54) is 0 Å². The molecule has 0 heterocycles. The van der Waals surface area contributed by atoms with E-state index in [2.05, 4.69) is 0 Å². The Balaban J connectivity index is 2.42. The second-order valence-corrected chi connectivity index (χ2v) is 6.44. The minimum Gasteiger partial charge on any atom is -0.206 e. The number of hydrogen-bond donors (Lipinski definition) is 0. The zero-order chi connectivity index (χ0) is 23.4. The van der Waals surface area contributed by atoms with Crippen LogP contribution in [0.2, 0.25) is 0 Å². The maximum atomic E-state index is 14.6. The molecule has 0 aromatic heterocycles. The van der Waals surface area contributed by atoms with Gasteiger partial charge in [-0.15, -0.1) is 0 Å². The van der Waals surface area contributed by atoms with Gasteiger partial charge in [-0.3, -0.25) is 0 Å². The summed E-state index contributed by atoms with van der Waals surface area (Å²) >= 11 is 0.